The molecule has 0 radical (unpaired) electrons. The summed E-state index contributed by atoms with van der Waals surface area (Å²) in [5.41, 5.74) is 3.06. The topological polar surface area (TPSA) is 84.9 Å². The maximum absolute atomic E-state index is 12.4. The molecule has 0 fully saturated rings. The van der Waals surface area contributed by atoms with Crippen LogP contribution in [0.25, 0.3) is 0 Å². The average Bonchev–Trinajstić information content (AvgIpc) is 3.05. The van der Waals surface area contributed by atoms with E-state index in [1.807, 2.05) is 25.1 Å². The molecule has 2 rings (SSSR count). The Kier molecular flexibility index (Phi) is 8.06. The van der Waals surface area contributed by atoms with Gasteiger partial charge in [0.25, 0.3) is 0 Å². The van der Waals surface area contributed by atoms with Crippen LogP contribution in [0, 0.1) is 0 Å². The summed E-state index contributed by atoms with van der Waals surface area (Å²) in [5, 5.41) is 11.3. The Hall–Kier alpha value is -1.92. The molecule has 2 atom stereocenters. The number of rotatable bonds is 10. The van der Waals surface area contributed by atoms with Crippen molar-refractivity contribution in [1.82, 2.24) is 5.32 Å². The van der Waals surface area contributed by atoms with Crippen molar-refractivity contribution in [3.63, 3.8) is 0 Å². The highest BCUT2D eigenvalue weighted by molar-refractivity contribution is 5.96. The number of benzene rings is 1. The number of aliphatic hydroxyl groups is 1. The number of carbonyl (C=O) groups excluding carboxylic acids is 2. The number of hydrogen-bond acceptors (Lipinski definition) is 5. The van der Waals surface area contributed by atoms with Gasteiger partial charge in [-0.1, -0.05) is 12.1 Å². The van der Waals surface area contributed by atoms with E-state index in [-0.39, 0.29) is 24.4 Å². The van der Waals surface area contributed by atoms with Crippen molar-refractivity contribution < 1.29 is 24.2 Å². The van der Waals surface area contributed by atoms with Crippen LogP contribution in [-0.4, -0.2) is 50.0 Å². The second-order valence-electron chi connectivity index (χ2n) is 6.72. The van der Waals surface area contributed by atoms with E-state index in [9.17, 15) is 9.59 Å². The molecular formula is C20H29NO5. The third kappa shape index (κ3) is 5.81. The lowest BCUT2D eigenvalue weighted by Crippen LogP contribution is -2.21. The molecular weight excluding hydrogens is 334 g/mol. The van der Waals surface area contributed by atoms with Crippen LogP contribution in [0.15, 0.2) is 18.2 Å². The first kappa shape index (κ1) is 20.4. The summed E-state index contributed by atoms with van der Waals surface area (Å²) in [6, 6.07) is 5.86. The molecule has 0 saturated heterocycles. The van der Waals surface area contributed by atoms with Crippen molar-refractivity contribution in [2.45, 2.75) is 51.0 Å². The number of Topliss-reactive ketones (excluding diaryl/α,β-unsaturated/α-hetero) is 1. The van der Waals surface area contributed by atoms with Crippen LogP contribution in [0.5, 0.6) is 0 Å². The molecule has 1 aromatic carbocycles. The van der Waals surface area contributed by atoms with Crippen molar-refractivity contribution >= 4 is 11.9 Å². The maximum atomic E-state index is 12.4. The van der Waals surface area contributed by atoms with Gasteiger partial charge >= 0.3 is 6.09 Å². The van der Waals surface area contributed by atoms with E-state index in [4.69, 9.17) is 14.6 Å². The number of aliphatic hydroxyl groups excluding tert-OH is 1. The van der Waals surface area contributed by atoms with Gasteiger partial charge in [0.1, 0.15) is 6.61 Å². The zero-order chi connectivity index (χ0) is 18.9. The quantitative estimate of drug-likeness (QED) is 0.493. The van der Waals surface area contributed by atoms with Crippen LogP contribution < -0.4 is 5.32 Å². The fourth-order valence-corrected chi connectivity index (χ4v) is 3.21. The Morgan fingerprint density at radius 3 is 2.92 bits per heavy atom. The molecule has 6 nitrogen and oxygen atoms in total. The number of fused-ring (bicyclic) bond motifs is 1. The molecule has 0 aromatic heterocycles. The summed E-state index contributed by atoms with van der Waals surface area (Å²) in [6.45, 7) is 2.88. The van der Waals surface area contributed by atoms with Crippen LogP contribution >= 0.6 is 0 Å². The molecule has 144 valence electrons. The Balaban J connectivity index is 1.87. The highest BCUT2D eigenvalue weighted by Crippen LogP contribution is 2.34. The fourth-order valence-electron chi connectivity index (χ4n) is 3.21. The number of hydrogen-bond donors (Lipinski definition) is 2. The van der Waals surface area contributed by atoms with Gasteiger partial charge in [-0.3, -0.25) is 4.79 Å². The van der Waals surface area contributed by atoms with E-state index in [0.29, 0.717) is 38.0 Å². The summed E-state index contributed by atoms with van der Waals surface area (Å²) < 4.78 is 10.7. The number of aryl methyl sites for hydroxylation is 1. The highest BCUT2D eigenvalue weighted by atomic mass is 16.5. The van der Waals surface area contributed by atoms with Gasteiger partial charge in [0.2, 0.25) is 0 Å². The van der Waals surface area contributed by atoms with Gasteiger partial charge in [-0.25, -0.2) is 4.79 Å². The zero-order valence-electron chi connectivity index (χ0n) is 15.6. The summed E-state index contributed by atoms with van der Waals surface area (Å²) in [6.07, 6.45) is 3.16. The van der Waals surface area contributed by atoms with Gasteiger partial charge in [0.05, 0.1) is 6.10 Å². The van der Waals surface area contributed by atoms with Crippen LogP contribution in [0.3, 0.4) is 0 Å². The third-order valence-electron chi connectivity index (χ3n) is 4.78. The van der Waals surface area contributed by atoms with Gasteiger partial charge in [-0.15, -0.1) is 0 Å². The van der Waals surface area contributed by atoms with Crippen molar-refractivity contribution in [2.75, 3.05) is 26.9 Å². The van der Waals surface area contributed by atoms with E-state index >= 15 is 0 Å². The first-order chi connectivity index (χ1) is 12.5. The van der Waals surface area contributed by atoms with Gasteiger partial charge in [0, 0.05) is 38.2 Å². The summed E-state index contributed by atoms with van der Waals surface area (Å²) in [7, 11) is 1.54. The second-order valence-corrected chi connectivity index (χ2v) is 6.72. The maximum Gasteiger partial charge on any atom is 0.406 e. The minimum absolute atomic E-state index is 0.0103. The molecule has 1 aliphatic rings. The molecule has 1 aromatic rings. The molecule has 0 spiro atoms. The molecule has 0 aliphatic heterocycles. The molecule has 2 unspecified atom stereocenters. The monoisotopic (exact) mass is 363 g/mol. The van der Waals surface area contributed by atoms with Crippen molar-refractivity contribution in [1.29, 1.82) is 0 Å². The number of nitrogens with one attached hydrogen (secondary N) is 1. The number of alkyl carbamates (subject to hydrolysis) is 1. The molecule has 0 saturated carbocycles. The van der Waals surface area contributed by atoms with E-state index in [0.717, 1.165) is 18.4 Å². The van der Waals surface area contributed by atoms with Crippen LogP contribution in [0.2, 0.25) is 0 Å². The SMILES string of the molecule is CNC(=O)OCC1CCc2ccc(C(=O)CCCOC(C)CCO)cc21. The van der Waals surface area contributed by atoms with Gasteiger partial charge < -0.3 is 19.9 Å². The highest BCUT2D eigenvalue weighted by Gasteiger charge is 2.24. The minimum Gasteiger partial charge on any atom is -0.449 e. The summed E-state index contributed by atoms with van der Waals surface area (Å²) in [4.78, 5) is 23.7. The predicted molar refractivity (Wildman–Crippen MR) is 98.6 cm³/mol. The van der Waals surface area contributed by atoms with E-state index in [1.165, 1.54) is 12.6 Å². The smallest absolute Gasteiger partial charge is 0.406 e. The first-order valence-corrected chi connectivity index (χ1v) is 9.28. The first-order valence-electron chi connectivity index (χ1n) is 9.28. The Morgan fingerprint density at radius 1 is 1.38 bits per heavy atom. The number of ether oxygens (including phenoxy) is 2. The van der Waals surface area contributed by atoms with Crippen molar-refractivity contribution in [3.05, 3.63) is 34.9 Å². The molecule has 6 heteroatoms. The third-order valence-corrected chi connectivity index (χ3v) is 4.78. The van der Waals surface area contributed by atoms with E-state index in [2.05, 4.69) is 5.32 Å². The zero-order valence-corrected chi connectivity index (χ0v) is 15.6. The van der Waals surface area contributed by atoms with Crippen LogP contribution in [0.1, 0.15) is 60.0 Å². The van der Waals surface area contributed by atoms with Gasteiger partial charge in [0.15, 0.2) is 5.78 Å². The minimum atomic E-state index is -0.430. The number of carbonyl (C=O) groups is 2. The Morgan fingerprint density at radius 2 is 2.19 bits per heavy atom. The predicted octanol–water partition coefficient (Wildman–Crippen LogP) is 2.82. The standard InChI is InChI=1S/C20H29NO5/c1-14(9-10-22)25-11-3-4-19(23)16-7-5-15-6-8-17(18(15)12-16)13-26-20(24)21-2/h5,7,12,14,17,22H,3-4,6,8-11,13H2,1-2H3,(H,21,24). The summed E-state index contributed by atoms with van der Waals surface area (Å²) in [5.74, 6) is 0.252. The number of amides is 1. The largest absolute Gasteiger partial charge is 0.449 e. The van der Waals surface area contributed by atoms with Gasteiger partial charge in [-0.2, -0.15) is 0 Å². The number of ketones is 1. The van der Waals surface area contributed by atoms with E-state index in [1.54, 1.807) is 0 Å². The Bertz CT molecular complexity index is 616. The van der Waals surface area contributed by atoms with E-state index < -0.39 is 6.09 Å². The molecule has 0 bridgehead atoms. The van der Waals surface area contributed by atoms with Crippen LogP contribution in [-0.2, 0) is 15.9 Å². The molecule has 1 amide bonds. The lowest BCUT2D eigenvalue weighted by Gasteiger charge is -2.13. The second kappa shape index (κ2) is 10.3. The normalized spacial score (nSPS) is 16.8. The lowest BCUT2D eigenvalue weighted by molar-refractivity contribution is 0.0451. The van der Waals surface area contributed by atoms with Crippen LogP contribution in [0.4, 0.5) is 4.79 Å². The molecule has 0 heterocycles. The molecule has 26 heavy (non-hydrogen) atoms. The molecule has 2 N–H and O–H groups in total. The molecule has 1 aliphatic carbocycles. The fraction of sp³-hybridized carbons (Fsp3) is 0.600. The van der Waals surface area contributed by atoms with Crippen molar-refractivity contribution in [2.24, 2.45) is 0 Å². The van der Waals surface area contributed by atoms with Gasteiger partial charge in [-0.05, 0) is 49.8 Å². The lowest BCUT2D eigenvalue weighted by atomic mass is 9.97. The summed E-state index contributed by atoms with van der Waals surface area (Å²) >= 11 is 0. The Labute approximate surface area is 154 Å². The average molecular weight is 363 g/mol. The van der Waals surface area contributed by atoms with Crippen molar-refractivity contribution in [3.8, 4) is 0 Å².